The molecule has 0 aliphatic heterocycles. The fourth-order valence-corrected chi connectivity index (χ4v) is 3.91. The number of rotatable bonds is 8. The van der Waals surface area contributed by atoms with Gasteiger partial charge in [0, 0.05) is 18.2 Å². The first kappa shape index (κ1) is 19.4. The maximum atomic E-state index is 14.3. The second-order valence-electron chi connectivity index (χ2n) is 5.72. The highest BCUT2D eigenvalue weighted by Gasteiger charge is 2.45. The molecule has 1 aromatic carbocycles. The van der Waals surface area contributed by atoms with Gasteiger partial charge in [0.15, 0.2) is 0 Å². The van der Waals surface area contributed by atoms with Crippen molar-refractivity contribution >= 4 is 10.0 Å². The van der Waals surface area contributed by atoms with E-state index < -0.39 is 32.5 Å². The minimum atomic E-state index is -3.98. The van der Waals surface area contributed by atoms with Crippen molar-refractivity contribution < 1.29 is 22.3 Å². The van der Waals surface area contributed by atoms with E-state index in [1.807, 2.05) is 0 Å². The molecule has 10 heteroatoms. The van der Waals surface area contributed by atoms with Gasteiger partial charge in [-0.15, -0.1) is 0 Å². The van der Waals surface area contributed by atoms with Crippen LogP contribution in [0, 0.1) is 11.6 Å². The number of aliphatic hydroxyl groups is 1. The Balaban J connectivity index is 2.52. The molecule has 2 aromatic rings. The van der Waals surface area contributed by atoms with E-state index >= 15 is 0 Å². The Morgan fingerprint density at radius 1 is 1.40 bits per heavy atom. The van der Waals surface area contributed by atoms with Gasteiger partial charge in [0.05, 0.1) is 6.54 Å². The van der Waals surface area contributed by atoms with E-state index in [4.69, 9.17) is 0 Å². The SMILES string of the molecule is CCCNS(=O)(=O)[C@H](C)[C@](O)(Cn1cncn1)c1ccc(F)cc1F. The van der Waals surface area contributed by atoms with E-state index in [2.05, 4.69) is 14.8 Å². The zero-order valence-electron chi connectivity index (χ0n) is 13.9. The molecule has 0 aliphatic carbocycles. The van der Waals surface area contributed by atoms with E-state index in [0.717, 1.165) is 12.1 Å². The maximum Gasteiger partial charge on any atom is 0.217 e. The lowest BCUT2D eigenvalue weighted by Gasteiger charge is -2.34. The van der Waals surface area contributed by atoms with Crippen molar-refractivity contribution in [1.29, 1.82) is 0 Å². The number of nitrogens with zero attached hydrogens (tertiary/aromatic N) is 3. The van der Waals surface area contributed by atoms with Gasteiger partial charge in [-0.05, 0) is 19.4 Å². The third kappa shape index (κ3) is 4.20. The lowest BCUT2D eigenvalue weighted by molar-refractivity contribution is 0.0107. The van der Waals surface area contributed by atoms with Gasteiger partial charge in [-0.25, -0.2) is 31.6 Å². The molecule has 0 fully saturated rings. The van der Waals surface area contributed by atoms with Gasteiger partial charge >= 0.3 is 0 Å². The molecule has 0 bridgehead atoms. The van der Waals surface area contributed by atoms with E-state index in [1.54, 1.807) is 6.92 Å². The Bertz CT molecular complexity index is 814. The van der Waals surface area contributed by atoms with Gasteiger partial charge in [-0.2, -0.15) is 5.10 Å². The molecular formula is C15H20F2N4O3S. The molecule has 7 nitrogen and oxygen atoms in total. The highest BCUT2D eigenvalue weighted by atomic mass is 32.2. The fraction of sp³-hybridized carbons (Fsp3) is 0.467. The Morgan fingerprint density at radius 2 is 2.12 bits per heavy atom. The number of nitrogens with one attached hydrogen (secondary N) is 1. The lowest BCUT2D eigenvalue weighted by atomic mass is 9.90. The molecule has 0 saturated heterocycles. The summed E-state index contributed by atoms with van der Waals surface area (Å²) in [6.07, 6.45) is 3.03. The predicted octanol–water partition coefficient (Wildman–Crippen LogP) is 1.16. The first-order valence-corrected chi connectivity index (χ1v) is 9.24. The van der Waals surface area contributed by atoms with Crippen LogP contribution in [0.15, 0.2) is 30.9 Å². The van der Waals surface area contributed by atoms with Gasteiger partial charge in [0.2, 0.25) is 10.0 Å². The quantitative estimate of drug-likeness (QED) is 0.723. The molecule has 138 valence electrons. The molecule has 0 saturated carbocycles. The standard InChI is InChI=1S/C15H20F2N4O3S/c1-3-6-20-25(23,24)11(2)15(22,8-21-10-18-9-19-21)13-5-4-12(16)7-14(13)17/h4-5,7,9-11,20,22H,3,6,8H2,1-2H3/t11-,15-/m1/s1. The van der Waals surface area contributed by atoms with Gasteiger partial charge in [0.25, 0.3) is 0 Å². The van der Waals surface area contributed by atoms with Gasteiger partial charge < -0.3 is 5.11 Å². The van der Waals surface area contributed by atoms with Crippen LogP contribution in [0.2, 0.25) is 0 Å². The molecule has 0 amide bonds. The van der Waals surface area contributed by atoms with E-state index in [0.29, 0.717) is 12.5 Å². The zero-order valence-corrected chi connectivity index (χ0v) is 14.7. The first-order valence-electron chi connectivity index (χ1n) is 7.69. The first-order chi connectivity index (χ1) is 11.7. The van der Waals surface area contributed by atoms with Gasteiger partial charge in [0.1, 0.15) is 35.1 Å². The van der Waals surface area contributed by atoms with Gasteiger partial charge in [-0.3, -0.25) is 0 Å². The number of benzene rings is 1. The van der Waals surface area contributed by atoms with Crippen LogP contribution in [0.4, 0.5) is 8.78 Å². The zero-order chi connectivity index (χ0) is 18.7. The van der Waals surface area contributed by atoms with Crippen LogP contribution in [0.3, 0.4) is 0 Å². The Morgan fingerprint density at radius 3 is 2.68 bits per heavy atom. The van der Waals surface area contributed by atoms with E-state index in [9.17, 15) is 22.3 Å². The largest absolute Gasteiger partial charge is 0.382 e. The Kier molecular flexibility index (Phi) is 5.86. The summed E-state index contributed by atoms with van der Waals surface area (Å²) in [6, 6.07) is 2.59. The summed E-state index contributed by atoms with van der Waals surface area (Å²) in [5.74, 6) is -1.87. The van der Waals surface area contributed by atoms with Crippen molar-refractivity contribution in [1.82, 2.24) is 19.5 Å². The van der Waals surface area contributed by atoms with E-state index in [-0.39, 0.29) is 18.7 Å². The van der Waals surface area contributed by atoms with Gasteiger partial charge in [-0.1, -0.05) is 13.0 Å². The van der Waals surface area contributed by atoms with Crippen molar-refractivity contribution in [2.75, 3.05) is 6.54 Å². The predicted molar refractivity (Wildman–Crippen MR) is 87.0 cm³/mol. The second-order valence-corrected chi connectivity index (χ2v) is 7.81. The smallest absolute Gasteiger partial charge is 0.217 e. The van der Waals surface area contributed by atoms with Crippen molar-refractivity contribution in [2.45, 2.75) is 37.7 Å². The number of aromatic nitrogens is 3. The molecule has 1 aromatic heterocycles. The fourth-order valence-electron chi connectivity index (χ4n) is 2.46. The Labute approximate surface area is 144 Å². The molecule has 2 N–H and O–H groups in total. The summed E-state index contributed by atoms with van der Waals surface area (Å²) < 4.78 is 56.1. The number of hydrogen-bond donors (Lipinski definition) is 2. The number of hydrogen-bond acceptors (Lipinski definition) is 5. The van der Waals surface area contributed by atoms with Crippen LogP contribution in [0.25, 0.3) is 0 Å². The third-order valence-electron chi connectivity index (χ3n) is 3.96. The summed E-state index contributed by atoms with van der Waals surface area (Å²) in [5, 5.41) is 13.6. The molecular weight excluding hydrogens is 354 g/mol. The molecule has 0 unspecified atom stereocenters. The van der Waals surface area contributed by atoms with Crippen LogP contribution in [0.5, 0.6) is 0 Å². The average Bonchev–Trinajstić information content (AvgIpc) is 3.04. The molecule has 2 rings (SSSR count). The monoisotopic (exact) mass is 374 g/mol. The van der Waals surface area contributed by atoms with Crippen molar-refractivity contribution in [3.8, 4) is 0 Å². The number of sulfonamides is 1. The van der Waals surface area contributed by atoms with Crippen molar-refractivity contribution in [3.63, 3.8) is 0 Å². The molecule has 0 aliphatic rings. The normalized spacial score (nSPS) is 15.7. The summed E-state index contributed by atoms with van der Waals surface area (Å²) >= 11 is 0. The summed E-state index contributed by atoms with van der Waals surface area (Å²) in [4.78, 5) is 3.73. The average molecular weight is 374 g/mol. The summed E-state index contributed by atoms with van der Waals surface area (Å²) in [7, 11) is -3.98. The number of halogens is 2. The highest BCUT2D eigenvalue weighted by molar-refractivity contribution is 7.90. The Hall–Kier alpha value is -1.91. The molecule has 0 radical (unpaired) electrons. The highest BCUT2D eigenvalue weighted by Crippen LogP contribution is 2.33. The van der Waals surface area contributed by atoms with Crippen LogP contribution in [-0.2, 0) is 22.2 Å². The lowest BCUT2D eigenvalue weighted by Crippen LogP contribution is -2.50. The molecule has 0 spiro atoms. The summed E-state index contributed by atoms with van der Waals surface area (Å²) in [6.45, 7) is 2.86. The minimum Gasteiger partial charge on any atom is -0.382 e. The summed E-state index contributed by atoms with van der Waals surface area (Å²) in [5.41, 5.74) is -2.52. The molecule has 1 heterocycles. The van der Waals surface area contributed by atoms with Crippen LogP contribution < -0.4 is 4.72 Å². The van der Waals surface area contributed by atoms with Crippen LogP contribution >= 0.6 is 0 Å². The van der Waals surface area contributed by atoms with E-state index in [1.165, 1.54) is 24.3 Å². The van der Waals surface area contributed by atoms with Crippen LogP contribution in [0.1, 0.15) is 25.8 Å². The third-order valence-corrected chi connectivity index (χ3v) is 5.89. The molecule has 2 atom stereocenters. The van der Waals surface area contributed by atoms with Crippen molar-refractivity contribution in [3.05, 3.63) is 48.1 Å². The maximum absolute atomic E-state index is 14.3. The molecule has 25 heavy (non-hydrogen) atoms. The van der Waals surface area contributed by atoms with Crippen LogP contribution in [-0.4, -0.2) is 40.1 Å². The topological polar surface area (TPSA) is 97.1 Å². The minimum absolute atomic E-state index is 0.179. The van der Waals surface area contributed by atoms with Crippen molar-refractivity contribution in [2.24, 2.45) is 0 Å². The second kappa shape index (κ2) is 7.54.